The lowest BCUT2D eigenvalue weighted by molar-refractivity contribution is 0.569. The number of halogens is 1. The minimum Gasteiger partial charge on any atom is -0.313 e. The normalized spacial score (nSPS) is 12.2. The average Bonchev–Trinajstić information content (AvgIpc) is 2.32. The Bertz CT molecular complexity index is 408. The van der Waals surface area contributed by atoms with Gasteiger partial charge in [0.05, 0.1) is 0 Å². The van der Waals surface area contributed by atoms with Crippen molar-refractivity contribution in [3.8, 4) is 0 Å². The maximum atomic E-state index is 13.2. The van der Waals surface area contributed by atoms with Crippen LogP contribution in [0.25, 0.3) is 6.08 Å². The molecular weight excluding hydrogens is 225 g/mol. The van der Waals surface area contributed by atoms with E-state index in [1.807, 2.05) is 13.0 Å². The molecule has 0 aromatic heterocycles. The van der Waals surface area contributed by atoms with Crippen LogP contribution >= 0.6 is 0 Å². The first-order chi connectivity index (χ1) is 8.52. The third-order valence-corrected chi connectivity index (χ3v) is 2.96. The monoisotopic (exact) mass is 249 g/mol. The van der Waals surface area contributed by atoms with Gasteiger partial charge in [0.15, 0.2) is 0 Å². The molecule has 18 heavy (non-hydrogen) atoms. The molecule has 0 aliphatic rings. The molecule has 1 nitrogen and oxygen atoms in total. The molecule has 0 atom stereocenters. The number of hydrogen-bond acceptors (Lipinski definition) is 1. The van der Waals surface area contributed by atoms with Crippen LogP contribution in [-0.2, 0) is 0 Å². The molecular formula is C16H24FN. The highest BCUT2D eigenvalue weighted by Crippen LogP contribution is 2.15. The summed E-state index contributed by atoms with van der Waals surface area (Å²) in [7, 11) is 0. The van der Waals surface area contributed by atoms with Crippen LogP contribution in [0.5, 0.6) is 0 Å². The molecule has 0 aliphatic heterocycles. The van der Waals surface area contributed by atoms with Gasteiger partial charge in [-0.15, -0.1) is 0 Å². The Morgan fingerprint density at radius 2 is 2.11 bits per heavy atom. The van der Waals surface area contributed by atoms with E-state index in [0.29, 0.717) is 5.92 Å². The van der Waals surface area contributed by atoms with E-state index in [4.69, 9.17) is 0 Å². The van der Waals surface area contributed by atoms with E-state index in [-0.39, 0.29) is 5.82 Å². The predicted octanol–water partition coefficient (Wildman–Crippen LogP) is 4.17. The summed E-state index contributed by atoms with van der Waals surface area (Å²) in [5, 5.41) is 3.43. The minimum atomic E-state index is -0.169. The number of nitrogens with one attached hydrogen (secondary N) is 1. The first-order valence-corrected chi connectivity index (χ1v) is 6.69. The fourth-order valence-electron chi connectivity index (χ4n) is 1.79. The molecule has 0 unspecified atom stereocenters. The van der Waals surface area contributed by atoms with Crippen LogP contribution < -0.4 is 5.32 Å². The van der Waals surface area contributed by atoms with Crippen molar-refractivity contribution in [2.24, 2.45) is 5.92 Å². The van der Waals surface area contributed by atoms with Crippen LogP contribution in [-0.4, -0.2) is 13.1 Å². The van der Waals surface area contributed by atoms with Gasteiger partial charge in [0.25, 0.3) is 0 Å². The zero-order valence-electron chi connectivity index (χ0n) is 11.9. The van der Waals surface area contributed by atoms with E-state index in [1.54, 1.807) is 6.07 Å². The highest BCUT2D eigenvalue weighted by molar-refractivity contribution is 5.56. The maximum Gasteiger partial charge on any atom is 0.123 e. The van der Waals surface area contributed by atoms with Gasteiger partial charge in [0, 0.05) is 6.54 Å². The van der Waals surface area contributed by atoms with E-state index in [0.717, 1.165) is 30.6 Å². The van der Waals surface area contributed by atoms with Crippen LogP contribution in [0.2, 0.25) is 0 Å². The van der Waals surface area contributed by atoms with Gasteiger partial charge in [0.2, 0.25) is 0 Å². The Hall–Kier alpha value is -1.15. The molecule has 2 heteroatoms. The van der Waals surface area contributed by atoms with Crippen molar-refractivity contribution >= 4 is 6.08 Å². The molecule has 0 aliphatic carbocycles. The van der Waals surface area contributed by atoms with Gasteiger partial charge in [-0.1, -0.05) is 38.5 Å². The summed E-state index contributed by atoms with van der Waals surface area (Å²) >= 11 is 0. The summed E-state index contributed by atoms with van der Waals surface area (Å²) < 4.78 is 13.2. The highest BCUT2D eigenvalue weighted by Gasteiger charge is 2.01. The Kier molecular flexibility index (Phi) is 6.06. The van der Waals surface area contributed by atoms with Gasteiger partial charge in [-0.2, -0.15) is 0 Å². The molecule has 0 fully saturated rings. The second-order valence-electron chi connectivity index (χ2n) is 5.18. The summed E-state index contributed by atoms with van der Waals surface area (Å²) in [6, 6.07) is 4.94. The van der Waals surface area contributed by atoms with Crippen molar-refractivity contribution in [1.82, 2.24) is 5.32 Å². The molecule has 0 saturated heterocycles. The SMILES string of the molecule is CC/C(=C/c1cc(F)ccc1C)CNCC(C)C. The Morgan fingerprint density at radius 1 is 1.39 bits per heavy atom. The minimum absolute atomic E-state index is 0.169. The van der Waals surface area contributed by atoms with Gasteiger partial charge < -0.3 is 5.32 Å². The quantitative estimate of drug-likeness (QED) is 0.797. The molecule has 0 bridgehead atoms. The molecule has 0 radical (unpaired) electrons. The van der Waals surface area contributed by atoms with Crippen molar-refractivity contribution in [2.45, 2.75) is 34.1 Å². The van der Waals surface area contributed by atoms with Crippen molar-refractivity contribution in [1.29, 1.82) is 0 Å². The Labute approximate surface area is 110 Å². The molecule has 0 saturated carbocycles. The molecule has 0 spiro atoms. The lowest BCUT2D eigenvalue weighted by Crippen LogP contribution is -2.21. The summed E-state index contributed by atoms with van der Waals surface area (Å²) in [6.45, 7) is 10.4. The van der Waals surface area contributed by atoms with Gasteiger partial charge in [0.1, 0.15) is 5.82 Å². The van der Waals surface area contributed by atoms with Crippen LogP contribution in [0.4, 0.5) is 4.39 Å². The van der Waals surface area contributed by atoms with Gasteiger partial charge in [-0.25, -0.2) is 4.39 Å². The Morgan fingerprint density at radius 3 is 2.72 bits per heavy atom. The van der Waals surface area contributed by atoms with Crippen molar-refractivity contribution in [3.05, 3.63) is 40.7 Å². The fraction of sp³-hybridized carbons (Fsp3) is 0.500. The third kappa shape index (κ3) is 5.01. The lowest BCUT2D eigenvalue weighted by atomic mass is 10.0. The predicted molar refractivity (Wildman–Crippen MR) is 77.1 cm³/mol. The fourth-order valence-corrected chi connectivity index (χ4v) is 1.79. The molecule has 0 amide bonds. The first kappa shape index (κ1) is 14.9. The van der Waals surface area contributed by atoms with Crippen LogP contribution in [0, 0.1) is 18.7 Å². The number of aryl methyl sites for hydroxylation is 1. The standard InChI is InChI=1S/C16H24FN/c1-5-14(11-18-10-12(2)3)8-15-9-16(17)7-6-13(15)4/h6-9,12,18H,5,10-11H2,1-4H3/b14-8-. The van der Waals surface area contributed by atoms with Crippen molar-refractivity contribution in [3.63, 3.8) is 0 Å². The molecule has 1 rings (SSSR count). The largest absolute Gasteiger partial charge is 0.313 e. The maximum absolute atomic E-state index is 13.2. The topological polar surface area (TPSA) is 12.0 Å². The van der Waals surface area contributed by atoms with E-state index in [1.165, 1.54) is 11.6 Å². The second-order valence-corrected chi connectivity index (χ2v) is 5.18. The number of benzene rings is 1. The van der Waals surface area contributed by atoms with Crippen molar-refractivity contribution < 1.29 is 4.39 Å². The summed E-state index contributed by atoms with van der Waals surface area (Å²) in [4.78, 5) is 0. The van der Waals surface area contributed by atoms with Gasteiger partial charge in [-0.05, 0) is 49.1 Å². The zero-order chi connectivity index (χ0) is 13.5. The van der Waals surface area contributed by atoms with Crippen molar-refractivity contribution in [2.75, 3.05) is 13.1 Å². The highest BCUT2D eigenvalue weighted by atomic mass is 19.1. The van der Waals surface area contributed by atoms with E-state index < -0.39 is 0 Å². The molecule has 0 heterocycles. The van der Waals surface area contributed by atoms with Crippen LogP contribution in [0.15, 0.2) is 23.8 Å². The summed E-state index contributed by atoms with van der Waals surface area (Å²) in [6.07, 6.45) is 3.09. The molecule has 1 N–H and O–H groups in total. The summed E-state index contributed by atoms with van der Waals surface area (Å²) in [5.41, 5.74) is 3.41. The lowest BCUT2D eigenvalue weighted by Gasteiger charge is -2.10. The van der Waals surface area contributed by atoms with E-state index >= 15 is 0 Å². The average molecular weight is 249 g/mol. The van der Waals surface area contributed by atoms with Gasteiger partial charge >= 0.3 is 0 Å². The molecule has 100 valence electrons. The van der Waals surface area contributed by atoms with Crippen LogP contribution in [0.1, 0.15) is 38.3 Å². The summed E-state index contributed by atoms with van der Waals surface area (Å²) in [5.74, 6) is 0.483. The number of hydrogen-bond donors (Lipinski definition) is 1. The van der Waals surface area contributed by atoms with E-state index in [9.17, 15) is 4.39 Å². The first-order valence-electron chi connectivity index (χ1n) is 6.69. The smallest absolute Gasteiger partial charge is 0.123 e. The zero-order valence-corrected chi connectivity index (χ0v) is 11.9. The van der Waals surface area contributed by atoms with Gasteiger partial charge in [-0.3, -0.25) is 0 Å². The molecule has 1 aromatic carbocycles. The molecule has 1 aromatic rings. The van der Waals surface area contributed by atoms with E-state index in [2.05, 4.69) is 32.2 Å². The van der Waals surface area contributed by atoms with Crippen LogP contribution in [0.3, 0.4) is 0 Å². The number of rotatable bonds is 6. The Balaban J connectivity index is 2.74. The second kappa shape index (κ2) is 7.32. The third-order valence-electron chi connectivity index (χ3n) is 2.96.